The Balaban J connectivity index is 0.000000187. The van der Waals surface area contributed by atoms with Crippen LogP contribution in [0, 0.1) is 0 Å². The van der Waals surface area contributed by atoms with E-state index in [2.05, 4.69) is 40.1 Å². The Labute approximate surface area is 178 Å². The minimum absolute atomic E-state index is 0.169. The molecule has 0 atom stereocenters. The second kappa shape index (κ2) is 9.93. The van der Waals surface area contributed by atoms with Crippen LogP contribution in [0.1, 0.15) is 11.1 Å². The molecule has 0 amide bonds. The second-order valence-electron chi connectivity index (χ2n) is 6.49. The van der Waals surface area contributed by atoms with Gasteiger partial charge in [0.25, 0.3) is 0 Å². The summed E-state index contributed by atoms with van der Waals surface area (Å²) in [6, 6.07) is 15.2. The molecule has 0 aliphatic carbocycles. The number of benzene rings is 2. The number of nitrogens with two attached hydrogens (primary N) is 1. The zero-order valence-corrected chi connectivity index (χ0v) is 17.3. The van der Waals surface area contributed by atoms with Gasteiger partial charge in [0.2, 0.25) is 6.43 Å². The van der Waals surface area contributed by atoms with E-state index in [1.54, 1.807) is 36.5 Å². The Morgan fingerprint density at radius 2 is 1.83 bits per heavy atom. The number of fused-ring (bicyclic) bond motifs is 1. The van der Waals surface area contributed by atoms with Crippen molar-refractivity contribution in [1.82, 2.24) is 9.97 Å². The molecule has 4 aromatic rings. The number of nitrogens with zero attached hydrogens (tertiary/aromatic N) is 2. The Kier molecular flexibility index (Phi) is 7.08. The third-order valence-corrected chi connectivity index (χ3v) is 5.27. The number of alkyl halides is 2. The molecule has 0 bridgehead atoms. The number of hydrogen-bond donors (Lipinski definition) is 2. The van der Waals surface area contributed by atoms with Crippen LogP contribution in [0.25, 0.3) is 27.3 Å². The van der Waals surface area contributed by atoms with Crippen LogP contribution < -0.4 is 11.1 Å². The highest BCUT2D eigenvalue weighted by Gasteiger charge is 2.05. The minimum Gasteiger partial charge on any atom is -0.375 e. The predicted octanol–water partition coefficient (Wildman–Crippen LogP) is 6.12. The highest BCUT2D eigenvalue weighted by Crippen LogP contribution is 2.30. The lowest BCUT2D eigenvalue weighted by molar-refractivity contribution is 0.149. The molecule has 0 aliphatic heterocycles. The number of thiazole rings is 1. The van der Waals surface area contributed by atoms with Gasteiger partial charge < -0.3 is 11.1 Å². The maximum Gasteiger partial charge on any atom is 0.242 e. The standard InChI is InChI=1S/C13H12N4S.C10H10F2/c1-15-12-5-10-4-8(2-3-9(10)6-16-12)11-7-17-13(14)18-11;1-2-8-3-5-9(6-4-8)7-10(11)12/h2-7H,1H3,(H2,14,17)(H,15,16);2-6,10H,1,7H2. The van der Waals surface area contributed by atoms with E-state index in [1.807, 2.05) is 19.3 Å². The highest BCUT2D eigenvalue weighted by molar-refractivity contribution is 7.18. The Hall–Kier alpha value is -3.32. The van der Waals surface area contributed by atoms with E-state index in [9.17, 15) is 8.78 Å². The third kappa shape index (κ3) is 5.61. The fourth-order valence-corrected chi connectivity index (χ4v) is 3.50. The molecule has 3 N–H and O–H groups in total. The first-order valence-electron chi connectivity index (χ1n) is 9.27. The molecule has 4 nitrogen and oxygen atoms in total. The minimum atomic E-state index is -2.26. The average molecular weight is 425 g/mol. The van der Waals surface area contributed by atoms with E-state index >= 15 is 0 Å². The molecular weight excluding hydrogens is 402 g/mol. The molecule has 2 aromatic carbocycles. The molecule has 0 unspecified atom stereocenters. The van der Waals surface area contributed by atoms with Crippen LogP contribution in [0.5, 0.6) is 0 Å². The van der Waals surface area contributed by atoms with E-state index in [1.165, 1.54) is 11.3 Å². The Morgan fingerprint density at radius 1 is 1.07 bits per heavy atom. The van der Waals surface area contributed by atoms with Crippen LogP contribution in [0.3, 0.4) is 0 Å². The maximum atomic E-state index is 11.9. The van der Waals surface area contributed by atoms with E-state index in [0.717, 1.165) is 32.6 Å². The lowest BCUT2D eigenvalue weighted by atomic mass is 10.1. The molecule has 0 aliphatic rings. The predicted molar refractivity (Wildman–Crippen MR) is 123 cm³/mol. The van der Waals surface area contributed by atoms with Crippen LogP contribution in [-0.4, -0.2) is 23.4 Å². The summed E-state index contributed by atoms with van der Waals surface area (Å²) in [6.07, 6.45) is 2.93. The van der Waals surface area contributed by atoms with Gasteiger partial charge in [0.15, 0.2) is 5.13 Å². The molecule has 7 heteroatoms. The fourth-order valence-electron chi connectivity index (χ4n) is 2.82. The molecule has 0 saturated carbocycles. The van der Waals surface area contributed by atoms with Gasteiger partial charge in [-0.1, -0.05) is 60.4 Å². The summed E-state index contributed by atoms with van der Waals surface area (Å²) >= 11 is 1.49. The number of anilines is 2. The number of pyridine rings is 1. The molecule has 0 fully saturated rings. The molecule has 0 radical (unpaired) electrons. The lowest BCUT2D eigenvalue weighted by Crippen LogP contribution is -1.95. The maximum absolute atomic E-state index is 11.9. The zero-order chi connectivity index (χ0) is 21.5. The summed E-state index contributed by atoms with van der Waals surface area (Å²) in [4.78, 5) is 9.45. The van der Waals surface area contributed by atoms with Gasteiger partial charge in [-0.3, -0.25) is 0 Å². The summed E-state index contributed by atoms with van der Waals surface area (Å²) < 4.78 is 23.8. The van der Waals surface area contributed by atoms with Crippen LogP contribution in [0.15, 0.2) is 67.5 Å². The molecule has 30 heavy (non-hydrogen) atoms. The fraction of sp³-hybridized carbons (Fsp3) is 0.130. The first kappa shape index (κ1) is 21.4. The SMILES string of the molecule is C=Cc1ccc(CC(F)F)cc1.CNc1cc2cc(-c3cnc(N)s3)ccc2cn1. The van der Waals surface area contributed by atoms with Gasteiger partial charge in [0.05, 0.1) is 4.88 Å². The van der Waals surface area contributed by atoms with Crippen LogP contribution in [0.4, 0.5) is 19.7 Å². The van der Waals surface area contributed by atoms with Crippen molar-refractivity contribution in [2.24, 2.45) is 0 Å². The summed E-state index contributed by atoms with van der Waals surface area (Å²) in [6.45, 7) is 3.57. The highest BCUT2D eigenvalue weighted by atomic mass is 32.1. The third-order valence-electron chi connectivity index (χ3n) is 4.39. The number of nitrogen functional groups attached to an aromatic ring is 1. The van der Waals surface area contributed by atoms with Crippen molar-refractivity contribution in [3.05, 3.63) is 78.6 Å². The van der Waals surface area contributed by atoms with Gasteiger partial charge in [-0.05, 0) is 34.2 Å². The van der Waals surface area contributed by atoms with Crippen LogP contribution in [0.2, 0.25) is 0 Å². The topological polar surface area (TPSA) is 63.8 Å². The monoisotopic (exact) mass is 424 g/mol. The molecular formula is C23H22F2N4S. The van der Waals surface area contributed by atoms with Crippen molar-refractivity contribution in [1.29, 1.82) is 0 Å². The second-order valence-corrected chi connectivity index (χ2v) is 7.55. The molecule has 154 valence electrons. The van der Waals surface area contributed by atoms with E-state index in [-0.39, 0.29) is 6.42 Å². The van der Waals surface area contributed by atoms with Gasteiger partial charge in [0, 0.05) is 31.2 Å². The molecule has 2 heterocycles. The number of rotatable bonds is 5. The number of nitrogens with one attached hydrogen (secondary N) is 1. The van der Waals surface area contributed by atoms with Crippen molar-refractivity contribution in [2.45, 2.75) is 12.8 Å². The normalized spacial score (nSPS) is 10.5. The van der Waals surface area contributed by atoms with Gasteiger partial charge >= 0.3 is 0 Å². The molecule has 2 aromatic heterocycles. The largest absolute Gasteiger partial charge is 0.375 e. The van der Waals surface area contributed by atoms with Crippen molar-refractivity contribution in [2.75, 3.05) is 18.1 Å². The molecule has 0 saturated heterocycles. The number of aromatic nitrogens is 2. The Bertz CT molecular complexity index is 1120. The van der Waals surface area contributed by atoms with Crippen molar-refractivity contribution >= 4 is 39.1 Å². The van der Waals surface area contributed by atoms with Crippen molar-refractivity contribution in [3.63, 3.8) is 0 Å². The van der Waals surface area contributed by atoms with Gasteiger partial charge in [0.1, 0.15) is 5.82 Å². The first-order chi connectivity index (χ1) is 14.5. The van der Waals surface area contributed by atoms with Gasteiger partial charge in [-0.25, -0.2) is 18.7 Å². The first-order valence-corrected chi connectivity index (χ1v) is 10.1. The van der Waals surface area contributed by atoms with Gasteiger partial charge in [-0.15, -0.1) is 0 Å². The zero-order valence-electron chi connectivity index (χ0n) is 16.5. The summed E-state index contributed by atoms with van der Waals surface area (Å²) in [7, 11) is 1.86. The summed E-state index contributed by atoms with van der Waals surface area (Å²) in [5.41, 5.74) is 8.41. The van der Waals surface area contributed by atoms with Gasteiger partial charge in [-0.2, -0.15) is 0 Å². The van der Waals surface area contributed by atoms with E-state index in [0.29, 0.717) is 10.7 Å². The van der Waals surface area contributed by atoms with E-state index < -0.39 is 6.43 Å². The van der Waals surface area contributed by atoms with E-state index in [4.69, 9.17) is 5.73 Å². The average Bonchev–Trinajstić information content (AvgIpc) is 3.20. The van der Waals surface area contributed by atoms with Crippen molar-refractivity contribution < 1.29 is 8.78 Å². The quantitative estimate of drug-likeness (QED) is 0.405. The summed E-state index contributed by atoms with van der Waals surface area (Å²) in [5, 5.41) is 5.91. The number of halogens is 2. The van der Waals surface area contributed by atoms with Crippen LogP contribution in [-0.2, 0) is 6.42 Å². The lowest BCUT2D eigenvalue weighted by Gasteiger charge is -2.03. The molecule has 0 spiro atoms. The smallest absolute Gasteiger partial charge is 0.242 e. The molecule has 4 rings (SSSR count). The van der Waals surface area contributed by atoms with Crippen LogP contribution >= 0.6 is 11.3 Å². The van der Waals surface area contributed by atoms with Crippen molar-refractivity contribution in [3.8, 4) is 10.4 Å². The summed E-state index contributed by atoms with van der Waals surface area (Å²) in [5.74, 6) is 0.864. The Morgan fingerprint density at radius 3 is 2.43 bits per heavy atom. The number of hydrogen-bond acceptors (Lipinski definition) is 5.